The normalized spacial score (nSPS) is 15.3. The molecule has 0 amide bonds. The molecule has 7 heteroatoms. The third-order valence-corrected chi connectivity index (χ3v) is 3.96. The van der Waals surface area contributed by atoms with Crippen LogP contribution in [0.4, 0.5) is 5.69 Å². The number of carboxylic acid groups (broad SMARTS) is 1. The Kier molecular flexibility index (Phi) is 3.51. The Bertz CT molecular complexity index is 621. The van der Waals surface area contributed by atoms with E-state index in [1.54, 1.807) is 19.9 Å². The SMILES string of the molecule is Cc1cc(C)c(NS(=O)(=O)NC2CC2)c(C(=O)O)c1. The highest BCUT2D eigenvalue weighted by atomic mass is 32.2. The van der Waals surface area contributed by atoms with Crippen LogP contribution in [0.5, 0.6) is 0 Å². The summed E-state index contributed by atoms with van der Waals surface area (Å²) in [5.74, 6) is -1.16. The molecule has 1 aliphatic carbocycles. The van der Waals surface area contributed by atoms with Gasteiger partial charge in [0.1, 0.15) is 0 Å². The first kappa shape index (κ1) is 13.8. The summed E-state index contributed by atoms with van der Waals surface area (Å²) >= 11 is 0. The number of hydrogen-bond donors (Lipinski definition) is 3. The molecule has 6 nitrogen and oxygen atoms in total. The van der Waals surface area contributed by atoms with Crippen LogP contribution in [0.2, 0.25) is 0 Å². The number of hydrogen-bond acceptors (Lipinski definition) is 3. The molecule has 19 heavy (non-hydrogen) atoms. The zero-order valence-electron chi connectivity index (χ0n) is 10.7. The van der Waals surface area contributed by atoms with Crippen LogP contribution in [-0.4, -0.2) is 25.5 Å². The van der Waals surface area contributed by atoms with E-state index in [0.29, 0.717) is 5.56 Å². The number of anilines is 1. The van der Waals surface area contributed by atoms with Gasteiger partial charge in [0.2, 0.25) is 0 Å². The number of rotatable bonds is 5. The zero-order chi connectivity index (χ0) is 14.2. The highest BCUT2D eigenvalue weighted by Gasteiger charge is 2.28. The van der Waals surface area contributed by atoms with E-state index in [1.165, 1.54) is 6.07 Å². The number of carboxylic acids is 1. The summed E-state index contributed by atoms with van der Waals surface area (Å²) in [6.45, 7) is 3.44. The van der Waals surface area contributed by atoms with E-state index in [-0.39, 0.29) is 17.3 Å². The monoisotopic (exact) mass is 284 g/mol. The fraction of sp³-hybridized carbons (Fsp3) is 0.417. The van der Waals surface area contributed by atoms with Crippen LogP contribution < -0.4 is 9.44 Å². The Morgan fingerprint density at radius 3 is 2.47 bits per heavy atom. The third kappa shape index (κ3) is 3.45. The van der Waals surface area contributed by atoms with Gasteiger partial charge in [0.05, 0.1) is 11.3 Å². The van der Waals surface area contributed by atoms with Gasteiger partial charge in [0.25, 0.3) is 10.2 Å². The molecule has 1 saturated carbocycles. The van der Waals surface area contributed by atoms with Gasteiger partial charge in [-0.2, -0.15) is 13.1 Å². The van der Waals surface area contributed by atoms with Gasteiger partial charge in [-0.3, -0.25) is 4.72 Å². The van der Waals surface area contributed by atoms with E-state index in [9.17, 15) is 13.2 Å². The lowest BCUT2D eigenvalue weighted by atomic mass is 10.0. The lowest BCUT2D eigenvalue weighted by Crippen LogP contribution is -2.32. The molecule has 1 aromatic carbocycles. The highest BCUT2D eigenvalue weighted by Crippen LogP contribution is 2.25. The second-order valence-electron chi connectivity index (χ2n) is 4.81. The third-order valence-electron chi connectivity index (χ3n) is 2.85. The van der Waals surface area contributed by atoms with Crippen LogP contribution in [0.3, 0.4) is 0 Å². The molecule has 0 unspecified atom stereocenters. The van der Waals surface area contributed by atoms with E-state index >= 15 is 0 Å². The van der Waals surface area contributed by atoms with Crippen LogP contribution in [0, 0.1) is 13.8 Å². The quantitative estimate of drug-likeness (QED) is 0.761. The number of nitrogens with one attached hydrogen (secondary N) is 2. The molecule has 0 heterocycles. The Hall–Kier alpha value is -1.60. The van der Waals surface area contributed by atoms with Crippen molar-refractivity contribution in [3.8, 4) is 0 Å². The Morgan fingerprint density at radius 1 is 1.32 bits per heavy atom. The second kappa shape index (κ2) is 4.82. The van der Waals surface area contributed by atoms with Gasteiger partial charge in [0, 0.05) is 6.04 Å². The first-order chi connectivity index (χ1) is 8.78. The van der Waals surface area contributed by atoms with Crippen molar-refractivity contribution in [3.63, 3.8) is 0 Å². The fourth-order valence-electron chi connectivity index (χ4n) is 1.86. The van der Waals surface area contributed by atoms with Crippen LogP contribution in [0.1, 0.15) is 34.3 Å². The maximum atomic E-state index is 11.8. The molecule has 0 aromatic heterocycles. The number of benzene rings is 1. The van der Waals surface area contributed by atoms with Gasteiger partial charge in [-0.25, -0.2) is 4.79 Å². The molecule has 1 aliphatic rings. The Balaban J connectivity index is 2.35. The average Bonchev–Trinajstić information content (AvgIpc) is 3.04. The first-order valence-corrected chi connectivity index (χ1v) is 7.41. The van der Waals surface area contributed by atoms with Crippen LogP contribution in [0.15, 0.2) is 12.1 Å². The summed E-state index contributed by atoms with van der Waals surface area (Å²) in [6.07, 6.45) is 1.64. The molecule has 104 valence electrons. The molecule has 0 spiro atoms. The van der Waals surface area contributed by atoms with E-state index in [1.807, 2.05) is 0 Å². The van der Waals surface area contributed by atoms with Crippen molar-refractivity contribution in [2.24, 2.45) is 0 Å². The number of carbonyl (C=O) groups is 1. The van der Waals surface area contributed by atoms with Crippen molar-refractivity contribution in [1.29, 1.82) is 0 Å². The van der Waals surface area contributed by atoms with Crippen molar-refractivity contribution in [1.82, 2.24) is 4.72 Å². The lowest BCUT2D eigenvalue weighted by molar-refractivity contribution is 0.0698. The molecule has 0 aliphatic heterocycles. The molecule has 0 bridgehead atoms. The molecule has 0 saturated heterocycles. The predicted molar refractivity (Wildman–Crippen MR) is 71.6 cm³/mol. The van der Waals surface area contributed by atoms with E-state index in [4.69, 9.17) is 5.11 Å². The summed E-state index contributed by atoms with van der Waals surface area (Å²) < 4.78 is 28.5. The molecular formula is C12H16N2O4S. The maximum Gasteiger partial charge on any atom is 0.337 e. The van der Waals surface area contributed by atoms with Gasteiger partial charge in [0.15, 0.2) is 0 Å². The summed E-state index contributed by atoms with van der Waals surface area (Å²) in [4.78, 5) is 11.2. The van der Waals surface area contributed by atoms with Gasteiger partial charge in [-0.15, -0.1) is 0 Å². The fourth-order valence-corrected chi connectivity index (χ4v) is 3.13. The smallest absolute Gasteiger partial charge is 0.337 e. The standard InChI is InChI=1S/C12H16N2O4S/c1-7-5-8(2)11(10(6-7)12(15)16)14-19(17,18)13-9-3-4-9/h5-6,9,13-14H,3-4H2,1-2H3,(H,15,16). The summed E-state index contributed by atoms with van der Waals surface area (Å²) in [5, 5.41) is 9.15. The summed E-state index contributed by atoms with van der Waals surface area (Å²) in [5.41, 5.74) is 1.43. The van der Waals surface area contributed by atoms with Crippen molar-refractivity contribution in [3.05, 3.63) is 28.8 Å². The minimum Gasteiger partial charge on any atom is -0.478 e. The predicted octanol–water partition coefficient (Wildman–Crippen LogP) is 1.41. The molecule has 1 fully saturated rings. The summed E-state index contributed by atoms with van der Waals surface area (Å²) in [6, 6.07) is 3.16. The molecule has 0 atom stereocenters. The Labute approximate surface area is 112 Å². The van der Waals surface area contributed by atoms with Crippen molar-refractivity contribution in [2.45, 2.75) is 32.7 Å². The molecular weight excluding hydrogens is 268 g/mol. The molecule has 2 rings (SSSR count). The van der Waals surface area contributed by atoms with Gasteiger partial charge >= 0.3 is 5.97 Å². The zero-order valence-corrected chi connectivity index (χ0v) is 11.5. The van der Waals surface area contributed by atoms with Crippen LogP contribution in [-0.2, 0) is 10.2 Å². The largest absolute Gasteiger partial charge is 0.478 e. The van der Waals surface area contributed by atoms with Crippen LogP contribution >= 0.6 is 0 Å². The lowest BCUT2D eigenvalue weighted by Gasteiger charge is -2.14. The Morgan fingerprint density at radius 2 is 1.95 bits per heavy atom. The molecule has 3 N–H and O–H groups in total. The van der Waals surface area contributed by atoms with E-state index in [0.717, 1.165) is 18.4 Å². The van der Waals surface area contributed by atoms with Crippen molar-refractivity contribution in [2.75, 3.05) is 4.72 Å². The van der Waals surface area contributed by atoms with Crippen molar-refractivity contribution < 1.29 is 18.3 Å². The molecule has 1 aromatic rings. The van der Waals surface area contributed by atoms with E-state index < -0.39 is 16.2 Å². The maximum absolute atomic E-state index is 11.8. The van der Waals surface area contributed by atoms with Gasteiger partial charge in [-0.1, -0.05) is 6.07 Å². The van der Waals surface area contributed by atoms with Crippen molar-refractivity contribution >= 4 is 21.9 Å². The minimum atomic E-state index is -3.73. The minimum absolute atomic E-state index is 0.0310. The average molecular weight is 284 g/mol. The number of aryl methyl sites for hydroxylation is 2. The number of aromatic carboxylic acids is 1. The van der Waals surface area contributed by atoms with Gasteiger partial charge in [-0.05, 0) is 43.9 Å². The first-order valence-electron chi connectivity index (χ1n) is 5.93. The van der Waals surface area contributed by atoms with Crippen LogP contribution in [0.25, 0.3) is 0 Å². The highest BCUT2D eigenvalue weighted by molar-refractivity contribution is 7.90. The second-order valence-corrected chi connectivity index (χ2v) is 6.25. The van der Waals surface area contributed by atoms with E-state index in [2.05, 4.69) is 9.44 Å². The molecule has 0 radical (unpaired) electrons. The topological polar surface area (TPSA) is 95.5 Å². The summed E-state index contributed by atoms with van der Waals surface area (Å²) in [7, 11) is -3.73. The van der Waals surface area contributed by atoms with Gasteiger partial charge < -0.3 is 5.11 Å².